The zero-order valence-electron chi connectivity index (χ0n) is 10.8. The van der Waals surface area contributed by atoms with Gasteiger partial charge < -0.3 is 5.73 Å². The summed E-state index contributed by atoms with van der Waals surface area (Å²) >= 11 is 5.69. The molecule has 0 heterocycles. The molecule has 0 spiro atoms. The van der Waals surface area contributed by atoms with Crippen LogP contribution >= 0.6 is 11.6 Å². The average Bonchev–Trinajstić information content (AvgIpc) is 2.26. The molecule has 3 N–H and O–H groups in total. The lowest BCUT2D eigenvalue weighted by molar-refractivity contribution is -0.137. The second-order valence-electron chi connectivity index (χ2n) is 4.84. The first-order valence-electron chi connectivity index (χ1n) is 5.50. The number of hydrogen-bond donors (Lipinski definition) is 2. The van der Waals surface area contributed by atoms with E-state index in [1.807, 2.05) is 0 Å². The lowest BCUT2D eigenvalue weighted by Gasteiger charge is -2.24. The van der Waals surface area contributed by atoms with Crippen LogP contribution in [0.1, 0.15) is 19.4 Å². The molecule has 20 heavy (non-hydrogen) atoms. The number of benzene rings is 1. The summed E-state index contributed by atoms with van der Waals surface area (Å²) in [4.78, 5) is -0.629. The van der Waals surface area contributed by atoms with E-state index >= 15 is 0 Å². The fourth-order valence-electron chi connectivity index (χ4n) is 1.35. The normalized spacial score (nSPS) is 13.6. The van der Waals surface area contributed by atoms with Gasteiger partial charge in [0.2, 0.25) is 10.0 Å². The lowest BCUT2D eigenvalue weighted by Crippen LogP contribution is -2.48. The molecule has 0 amide bonds. The van der Waals surface area contributed by atoms with Gasteiger partial charge in [-0.1, -0.05) is 11.6 Å². The molecule has 1 aromatic rings. The van der Waals surface area contributed by atoms with E-state index in [-0.39, 0.29) is 11.6 Å². The number of nitrogens with two attached hydrogens (primary N) is 1. The van der Waals surface area contributed by atoms with Gasteiger partial charge in [0.25, 0.3) is 0 Å². The van der Waals surface area contributed by atoms with Crippen molar-refractivity contribution in [1.29, 1.82) is 0 Å². The van der Waals surface area contributed by atoms with Crippen LogP contribution in [0.25, 0.3) is 0 Å². The number of halogens is 4. The minimum Gasteiger partial charge on any atom is -0.329 e. The van der Waals surface area contributed by atoms with Crippen molar-refractivity contribution in [2.75, 3.05) is 6.54 Å². The van der Waals surface area contributed by atoms with Gasteiger partial charge in [-0.25, -0.2) is 13.1 Å². The van der Waals surface area contributed by atoms with Gasteiger partial charge in [-0.15, -0.1) is 0 Å². The third kappa shape index (κ3) is 4.08. The maximum Gasteiger partial charge on any atom is 0.416 e. The summed E-state index contributed by atoms with van der Waals surface area (Å²) in [6.45, 7) is 2.99. The van der Waals surface area contributed by atoms with Crippen molar-refractivity contribution in [3.8, 4) is 0 Å². The van der Waals surface area contributed by atoms with E-state index in [0.29, 0.717) is 6.07 Å². The van der Waals surface area contributed by atoms with Crippen molar-refractivity contribution < 1.29 is 21.6 Å². The molecular formula is C11H14ClF3N2O2S. The first kappa shape index (κ1) is 17.2. The first-order chi connectivity index (χ1) is 8.89. The SMILES string of the molecule is CC(C)(CN)NS(=O)(=O)c1cc(C(F)(F)F)ccc1Cl. The molecule has 1 aromatic carbocycles. The number of nitrogens with one attached hydrogen (secondary N) is 1. The van der Waals surface area contributed by atoms with Gasteiger partial charge in [0, 0.05) is 12.1 Å². The molecule has 114 valence electrons. The summed E-state index contributed by atoms with van der Waals surface area (Å²) < 4.78 is 64.2. The van der Waals surface area contributed by atoms with Crippen molar-refractivity contribution in [1.82, 2.24) is 4.72 Å². The van der Waals surface area contributed by atoms with Crippen LogP contribution in [0.2, 0.25) is 5.02 Å². The summed E-state index contributed by atoms with van der Waals surface area (Å²) in [5.41, 5.74) is 3.30. The van der Waals surface area contributed by atoms with Crippen molar-refractivity contribution in [2.24, 2.45) is 5.73 Å². The summed E-state index contributed by atoms with van der Waals surface area (Å²) in [6.07, 6.45) is -4.65. The van der Waals surface area contributed by atoms with E-state index in [4.69, 9.17) is 17.3 Å². The molecule has 0 radical (unpaired) electrons. The highest BCUT2D eigenvalue weighted by molar-refractivity contribution is 7.89. The second kappa shape index (κ2) is 5.51. The van der Waals surface area contributed by atoms with Gasteiger partial charge in [-0.05, 0) is 32.0 Å². The van der Waals surface area contributed by atoms with Crippen LogP contribution in [0.4, 0.5) is 13.2 Å². The Bertz CT molecular complexity index is 600. The van der Waals surface area contributed by atoms with Gasteiger partial charge in [0.1, 0.15) is 4.90 Å². The van der Waals surface area contributed by atoms with Crippen molar-refractivity contribution >= 4 is 21.6 Å². The van der Waals surface area contributed by atoms with Crippen LogP contribution in [0.5, 0.6) is 0 Å². The zero-order chi connectivity index (χ0) is 15.8. The third-order valence-electron chi connectivity index (χ3n) is 2.47. The number of sulfonamides is 1. The maximum absolute atomic E-state index is 12.6. The maximum atomic E-state index is 12.6. The molecule has 0 bridgehead atoms. The van der Waals surface area contributed by atoms with Gasteiger partial charge in [-0.3, -0.25) is 0 Å². The highest BCUT2D eigenvalue weighted by atomic mass is 35.5. The van der Waals surface area contributed by atoms with Crippen LogP contribution in [0.3, 0.4) is 0 Å². The Morgan fingerprint density at radius 3 is 2.30 bits per heavy atom. The summed E-state index contributed by atoms with van der Waals surface area (Å²) in [5.74, 6) is 0. The van der Waals surface area contributed by atoms with Crippen LogP contribution < -0.4 is 10.5 Å². The van der Waals surface area contributed by atoms with Crippen LogP contribution in [0.15, 0.2) is 23.1 Å². The molecule has 9 heteroatoms. The van der Waals surface area contributed by atoms with Gasteiger partial charge in [-0.2, -0.15) is 13.2 Å². The topological polar surface area (TPSA) is 72.2 Å². The number of alkyl halides is 3. The molecule has 0 aliphatic carbocycles. The molecular weight excluding hydrogens is 317 g/mol. The summed E-state index contributed by atoms with van der Waals surface area (Å²) in [7, 11) is -4.21. The monoisotopic (exact) mass is 330 g/mol. The predicted octanol–water partition coefficient (Wildman–Crippen LogP) is 2.37. The van der Waals surface area contributed by atoms with Crippen LogP contribution in [-0.2, 0) is 16.2 Å². The summed E-state index contributed by atoms with van der Waals surface area (Å²) in [5, 5.41) is -0.293. The molecule has 0 aliphatic rings. The smallest absolute Gasteiger partial charge is 0.329 e. The Labute approximate surface area is 120 Å². The summed E-state index contributed by atoms with van der Waals surface area (Å²) in [6, 6.07) is 2.11. The number of rotatable bonds is 4. The third-order valence-corrected chi connectivity index (χ3v) is 4.65. The highest BCUT2D eigenvalue weighted by Crippen LogP contribution is 2.33. The standard InChI is InChI=1S/C11H14ClF3N2O2S/c1-10(2,6-16)17-20(18,19)9-5-7(11(13,14)15)3-4-8(9)12/h3-5,17H,6,16H2,1-2H3. The van der Waals surface area contributed by atoms with Crippen molar-refractivity contribution in [3.63, 3.8) is 0 Å². The van der Waals surface area contributed by atoms with Gasteiger partial charge in [0.05, 0.1) is 10.6 Å². The Kier molecular flexibility index (Phi) is 4.75. The van der Waals surface area contributed by atoms with E-state index in [1.165, 1.54) is 13.8 Å². The van der Waals surface area contributed by atoms with E-state index in [2.05, 4.69) is 4.72 Å². The molecule has 0 saturated carbocycles. The van der Waals surface area contributed by atoms with Crippen LogP contribution in [-0.4, -0.2) is 20.5 Å². The predicted molar refractivity (Wildman–Crippen MR) is 69.9 cm³/mol. The molecule has 0 aliphatic heterocycles. The molecule has 0 fully saturated rings. The fourth-order valence-corrected chi connectivity index (χ4v) is 3.30. The molecule has 0 atom stereocenters. The van der Waals surface area contributed by atoms with Crippen molar-refractivity contribution in [3.05, 3.63) is 28.8 Å². The van der Waals surface area contributed by atoms with E-state index in [1.54, 1.807) is 0 Å². The first-order valence-corrected chi connectivity index (χ1v) is 7.36. The van der Waals surface area contributed by atoms with Gasteiger partial charge >= 0.3 is 6.18 Å². The van der Waals surface area contributed by atoms with E-state index in [9.17, 15) is 21.6 Å². The molecule has 0 aromatic heterocycles. The van der Waals surface area contributed by atoms with Gasteiger partial charge in [0.15, 0.2) is 0 Å². The highest BCUT2D eigenvalue weighted by Gasteiger charge is 2.34. The second-order valence-corrected chi connectivity index (χ2v) is 6.89. The molecule has 4 nitrogen and oxygen atoms in total. The molecule has 0 saturated heterocycles. The molecule has 1 rings (SSSR count). The average molecular weight is 331 g/mol. The molecule has 0 unspecified atom stereocenters. The fraction of sp³-hybridized carbons (Fsp3) is 0.455. The minimum absolute atomic E-state index is 0.0250. The largest absolute Gasteiger partial charge is 0.416 e. The zero-order valence-corrected chi connectivity index (χ0v) is 12.3. The van der Waals surface area contributed by atoms with Crippen molar-refractivity contribution in [2.45, 2.75) is 30.5 Å². The van der Waals surface area contributed by atoms with Crippen LogP contribution in [0, 0.1) is 0 Å². The minimum atomic E-state index is -4.65. The number of hydrogen-bond acceptors (Lipinski definition) is 3. The Morgan fingerprint density at radius 2 is 1.85 bits per heavy atom. The quantitative estimate of drug-likeness (QED) is 0.890. The van der Waals surface area contributed by atoms with E-state index < -0.39 is 32.2 Å². The lowest BCUT2D eigenvalue weighted by atomic mass is 10.1. The Morgan fingerprint density at radius 1 is 1.30 bits per heavy atom. The Hall–Kier alpha value is -0.830. The van der Waals surface area contributed by atoms with E-state index in [0.717, 1.165) is 12.1 Å². The Balaban J connectivity index is 3.32.